The molecule has 1 heterocycles. The molecule has 1 aliphatic heterocycles. The molecule has 6 heteroatoms. The first-order chi connectivity index (χ1) is 8.90. The molecule has 1 aliphatic rings. The molecule has 0 unspecified atom stereocenters. The van der Waals surface area contributed by atoms with E-state index in [2.05, 4.69) is 0 Å². The molecule has 1 N–H and O–H groups in total. The Morgan fingerprint density at radius 3 is 2.84 bits per heavy atom. The van der Waals surface area contributed by atoms with Gasteiger partial charge in [-0.25, -0.2) is 8.42 Å². The van der Waals surface area contributed by atoms with Gasteiger partial charge in [-0.05, 0) is 25.3 Å². The lowest BCUT2D eigenvalue weighted by atomic mass is 10.2. The van der Waals surface area contributed by atoms with Crippen LogP contribution < -0.4 is 0 Å². The molecule has 0 saturated carbocycles. The van der Waals surface area contributed by atoms with E-state index >= 15 is 0 Å². The number of rotatable bonds is 4. The molecule has 0 aliphatic carbocycles. The lowest BCUT2D eigenvalue weighted by Crippen LogP contribution is -2.40. The molecule has 1 aromatic rings. The van der Waals surface area contributed by atoms with Gasteiger partial charge in [-0.1, -0.05) is 29.8 Å². The van der Waals surface area contributed by atoms with Crippen LogP contribution in [0.25, 0.3) is 0 Å². The standard InChI is InChI=1S/C13H17NO4S/c1-10-4-2-5-11(8-10)9-19(17,18)14-7-3-6-12(14)13(15)16/h2,4-5,8,12H,3,6-7,9H2,1H3,(H,15,16)/t12-/m1/s1. The molecule has 1 saturated heterocycles. The minimum Gasteiger partial charge on any atom is -0.480 e. The van der Waals surface area contributed by atoms with E-state index in [-0.39, 0.29) is 5.75 Å². The van der Waals surface area contributed by atoms with Gasteiger partial charge in [0.2, 0.25) is 10.0 Å². The summed E-state index contributed by atoms with van der Waals surface area (Å²) in [6.45, 7) is 2.19. The van der Waals surface area contributed by atoms with Crippen LogP contribution in [0.3, 0.4) is 0 Å². The highest BCUT2D eigenvalue weighted by molar-refractivity contribution is 7.88. The van der Waals surface area contributed by atoms with Crippen molar-refractivity contribution in [2.45, 2.75) is 31.6 Å². The van der Waals surface area contributed by atoms with Crippen LogP contribution >= 0.6 is 0 Å². The van der Waals surface area contributed by atoms with Crippen molar-refractivity contribution in [3.63, 3.8) is 0 Å². The molecular weight excluding hydrogens is 266 g/mol. The first-order valence-corrected chi connectivity index (χ1v) is 7.79. The topological polar surface area (TPSA) is 74.7 Å². The number of nitrogens with zero attached hydrogens (tertiary/aromatic N) is 1. The maximum Gasteiger partial charge on any atom is 0.322 e. The van der Waals surface area contributed by atoms with Gasteiger partial charge in [0, 0.05) is 6.54 Å². The van der Waals surface area contributed by atoms with Gasteiger partial charge in [0.1, 0.15) is 6.04 Å². The molecule has 104 valence electrons. The summed E-state index contributed by atoms with van der Waals surface area (Å²) < 4.78 is 25.7. The first-order valence-electron chi connectivity index (χ1n) is 6.18. The van der Waals surface area contributed by atoms with Crippen molar-refractivity contribution in [2.24, 2.45) is 0 Å². The Bertz CT molecular complexity index is 582. The highest BCUT2D eigenvalue weighted by Crippen LogP contribution is 2.23. The van der Waals surface area contributed by atoms with Gasteiger partial charge in [-0.15, -0.1) is 0 Å². The lowest BCUT2D eigenvalue weighted by molar-refractivity contribution is -0.140. The largest absolute Gasteiger partial charge is 0.480 e. The van der Waals surface area contributed by atoms with Crippen LogP contribution in [0.2, 0.25) is 0 Å². The number of sulfonamides is 1. The molecule has 0 spiro atoms. The van der Waals surface area contributed by atoms with Crippen LogP contribution in [0.15, 0.2) is 24.3 Å². The molecule has 1 aromatic carbocycles. The van der Waals surface area contributed by atoms with E-state index in [0.29, 0.717) is 24.9 Å². The van der Waals surface area contributed by atoms with Gasteiger partial charge >= 0.3 is 5.97 Å². The normalized spacial score (nSPS) is 20.6. The van der Waals surface area contributed by atoms with E-state index in [1.54, 1.807) is 12.1 Å². The highest BCUT2D eigenvalue weighted by Gasteiger charge is 2.38. The van der Waals surface area contributed by atoms with Crippen molar-refractivity contribution < 1.29 is 18.3 Å². The van der Waals surface area contributed by atoms with E-state index < -0.39 is 22.0 Å². The number of carboxylic acid groups (broad SMARTS) is 1. The number of carbonyl (C=O) groups is 1. The number of benzene rings is 1. The van der Waals surface area contributed by atoms with Gasteiger partial charge in [0.25, 0.3) is 0 Å². The minimum atomic E-state index is -3.57. The van der Waals surface area contributed by atoms with Crippen molar-refractivity contribution in [1.82, 2.24) is 4.31 Å². The zero-order chi connectivity index (χ0) is 14.0. The Morgan fingerprint density at radius 2 is 2.21 bits per heavy atom. The summed E-state index contributed by atoms with van der Waals surface area (Å²) in [7, 11) is -3.57. The Kier molecular flexibility index (Phi) is 3.91. The second-order valence-corrected chi connectivity index (χ2v) is 6.77. The molecule has 1 atom stereocenters. The molecule has 0 bridgehead atoms. The molecule has 1 fully saturated rings. The molecule has 5 nitrogen and oxygen atoms in total. The second-order valence-electron chi connectivity index (χ2n) is 4.85. The van der Waals surface area contributed by atoms with Crippen molar-refractivity contribution in [2.75, 3.05) is 6.54 Å². The van der Waals surface area contributed by atoms with Crippen LogP contribution in [-0.4, -0.2) is 36.4 Å². The number of aryl methyl sites for hydroxylation is 1. The number of hydrogen-bond acceptors (Lipinski definition) is 3. The number of carboxylic acids is 1. The van der Waals surface area contributed by atoms with Crippen LogP contribution in [0.4, 0.5) is 0 Å². The fraction of sp³-hybridized carbons (Fsp3) is 0.462. The van der Waals surface area contributed by atoms with Gasteiger partial charge in [-0.2, -0.15) is 4.31 Å². The minimum absolute atomic E-state index is 0.140. The van der Waals surface area contributed by atoms with E-state index in [1.807, 2.05) is 19.1 Å². The summed E-state index contributed by atoms with van der Waals surface area (Å²) in [5.74, 6) is -1.20. The maximum atomic E-state index is 12.3. The van der Waals surface area contributed by atoms with Gasteiger partial charge in [-0.3, -0.25) is 4.79 Å². The monoisotopic (exact) mass is 283 g/mol. The van der Waals surface area contributed by atoms with Gasteiger partial charge < -0.3 is 5.11 Å². The van der Waals surface area contributed by atoms with E-state index in [1.165, 1.54) is 0 Å². The van der Waals surface area contributed by atoms with Crippen LogP contribution in [0, 0.1) is 6.92 Å². The predicted octanol–water partition coefficient (Wildman–Crippen LogP) is 1.37. The fourth-order valence-corrected chi connectivity index (χ4v) is 4.17. The maximum absolute atomic E-state index is 12.3. The van der Waals surface area contributed by atoms with E-state index in [9.17, 15) is 13.2 Å². The zero-order valence-corrected chi connectivity index (χ0v) is 11.6. The first kappa shape index (κ1) is 14.0. The summed E-state index contributed by atoms with van der Waals surface area (Å²) in [6.07, 6.45) is 0.992. The van der Waals surface area contributed by atoms with Crippen molar-refractivity contribution >= 4 is 16.0 Å². The van der Waals surface area contributed by atoms with Crippen LogP contribution in [-0.2, 0) is 20.6 Å². The van der Waals surface area contributed by atoms with E-state index in [0.717, 1.165) is 9.87 Å². The molecule has 0 radical (unpaired) electrons. The van der Waals surface area contributed by atoms with Gasteiger partial charge in [0.15, 0.2) is 0 Å². The molecule has 19 heavy (non-hydrogen) atoms. The predicted molar refractivity (Wildman–Crippen MR) is 71.2 cm³/mol. The third-order valence-electron chi connectivity index (χ3n) is 3.28. The fourth-order valence-electron chi connectivity index (χ4n) is 2.42. The molecule has 2 rings (SSSR count). The molecule has 0 aromatic heterocycles. The second kappa shape index (κ2) is 5.30. The van der Waals surface area contributed by atoms with Gasteiger partial charge in [0.05, 0.1) is 5.75 Å². The Labute approximate surface area is 112 Å². The third kappa shape index (κ3) is 3.13. The average molecular weight is 283 g/mol. The lowest BCUT2D eigenvalue weighted by Gasteiger charge is -2.21. The Morgan fingerprint density at radius 1 is 1.47 bits per heavy atom. The number of aliphatic carboxylic acids is 1. The van der Waals surface area contributed by atoms with Crippen molar-refractivity contribution in [3.8, 4) is 0 Å². The third-order valence-corrected chi connectivity index (χ3v) is 5.13. The van der Waals surface area contributed by atoms with Crippen molar-refractivity contribution in [3.05, 3.63) is 35.4 Å². The summed E-state index contributed by atoms with van der Waals surface area (Å²) in [6, 6.07) is 6.35. The number of hydrogen-bond donors (Lipinski definition) is 1. The zero-order valence-electron chi connectivity index (χ0n) is 10.7. The molecular formula is C13H17NO4S. The van der Waals surface area contributed by atoms with Crippen LogP contribution in [0.1, 0.15) is 24.0 Å². The Balaban J connectivity index is 2.21. The Hall–Kier alpha value is -1.40. The van der Waals surface area contributed by atoms with E-state index in [4.69, 9.17) is 5.11 Å². The SMILES string of the molecule is Cc1cccc(CS(=O)(=O)N2CCC[C@@H]2C(=O)O)c1. The average Bonchev–Trinajstić information content (AvgIpc) is 2.77. The smallest absolute Gasteiger partial charge is 0.322 e. The highest BCUT2D eigenvalue weighted by atomic mass is 32.2. The summed E-state index contributed by atoms with van der Waals surface area (Å²) in [5, 5.41) is 9.05. The van der Waals surface area contributed by atoms with Crippen molar-refractivity contribution in [1.29, 1.82) is 0 Å². The summed E-state index contributed by atoms with van der Waals surface area (Å²) in [4.78, 5) is 11.1. The summed E-state index contributed by atoms with van der Waals surface area (Å²) >= 11 is 0. The quantitative estimate of drug-likeness (QED) is 0.905. The van der Waals surface area contributed by atoms with Crippen LogP contribution in [0.5, 0.6) is 0 Å². The molecule has 0 amide bonds. The summed E-state index contributed by atoms with van der Waals surface area (Å²) in [5.41, 5.74) is 1.68.